The zero-order chi connectivity index (χ0) is 13.5. The summed E-state index contributed by atoms with van der Waals surface area (Å²) < 4.78 is 38.0. The monoisotopic (exact) mass is 265 g/mol. The Morgan fingerprint density at radius 3 is 2.74 bits per heavy atom. The summed E-state index contributed by atoms with van der Waals surface area (Å²) in [6.07, 6.45) is -2.70. The van der Waals surface area contributed by atoms with Gasteiger partial charge in [0.05, 0.1) is 16.9 Å². The summed E-state index contributed by atoms with van der Waals surface area (Å²) >= 11 is 0. The van der Waals surface area contributed by atoms with Crippen molar-refractivity contribution >= 4 is 17.2 Å². The second-order valence-electron chi connectivity index (χ2n) is 4.25. The Labute approximate surface area is 107 Å². The van der Waals surface area contributed by atoms with Gasteiger partial charge in [0.25, 0.3) is 0 Å². The van der Waals surface area contributed by atoms with E-state index < -0.39 is 11.7 Å². The zero-order valence-corrected chi connectivity index (χ0v) is 9.75. The quantitative estimate of drug-likeness (QED) is 0.761. The first kappa shape index (κ1) is 11.8. The van der Waals surface area contributed by atoms with Crippen molar-refractivity contribution in [3.63, 3.8) is 0 Å². The molecule has 0 saturated heterocycles. The molecular weight excluding hydrogens is 255 g/mol. The normalized spacial score (nSPS) is 13.6. The van der Waals surface area contributed by atoms with Gasteiger partial charge in [-0.3, -0.25) is 0 Å². The molecule has 2 heterocycles. The zero-order valence-electron chi connectivity index (χ0n) is 9.75. The summed E-state index contributed by atoms with van der Waals surface area (Å²) in [5.41, 5.74) is 1.25. The van der Waals surface area contributed by atoms with Gasteiger partial charge in [-0.1, -0.05) is 6.07 Å². The van der Waals surface area contributed by atoms with Crippen LogP contribution in [0.25, 0.3) is 0 Å². The Morgan fingerprint density at radius 1 is 1.11 bits per heavy atom. The lowest BCUT2D eigenvalue weighted by Gasteiger charge is -2.12. The van der Waals surface area contributed by atoms with Gasteiger partial charge < -0.3 is 10.6 Å². The number of halogens is 3. The fraction of sp³-hybridized carbons (Fsp3) is 0.154. The van der Waals surface area contributed by atoms with Crippen molar-refractivity contribution in [2.24, 2.45) is 0 Å². The molecule has 0 spiro atoms. The summed E-state index contributed by atoms with van der Waals surface area (Å²) in [7, 11) is 0. The minimum absolute atomic E-state index is 0.424. The highest BCUT2D eigenvalue weighted by Gasteiger charge is 2.31. The highest BCUT2D eigenvalue weighted by atomic mass is 19.4. The Kier molecular flexibility index (Phi) is 2.58. The van der Waals surface area contributed by atoms with Gasteiger partial charge in [-0.2, -0.15) is 13.2 Å². The van der Waals surface area contributed by atoms with Crippen LogP contribution >= 0.6 is 0 Å². The maximum Gasteiger partial charge on any atom is 0.416 e. The van der Waals surface area contributed by atoms with Crippen LogP contribution in [0.15, 0.2) is 36.5 Å². The summed E-state index contributed by atoms with van der Waals surface area (Å²) in [6, 6.07) is 7.24. The predicted molar refractivity (Wildman–Crippen MR) is 66.3 cm³/mol. The van der Waals surface area contributed by atoms with Crippen molar-refractivity contribution in [2.75, 3.05) is 10.6 Å². The number of benzene rings is 1. The first-order valence-corrected chi connectivity index (χ1v) is 5.70. The van der Waals surface area contributed by atoms with Crippen LogP contribution in [0.4, 0.5) is 30.4 Å². The van der Waals surface area contributed by atoms with Gasteiger partial charge >= 0.3 is 6.18 Å². The van der Waals surface area contributed by atoms with E-state index in [4.69, 9.17) is 0 Å². The topological polar surface area (TPSA) is 37.0 Å². The lowest BCUT2D eigenvalue weighted by Crippen LogP contribution is -2.06. The summed E-state index contributed by atoms with van der Waals surface area (Å²) in [5, 5.41) is 6.03. The van der Waals surface area contributed by atoms with Crippen molar-refractivity contribution < 1.29 is 13.2 Å². The van der Waals surface area contributed by atoms with Gasteiger partial charge in [-0.15, -0.1) is 0 Å². The third kappa shape index (κ3) is 2.21. The Balaban J connectivity index is 2.02. The van der Waals surface area contributed by atoms with E-state index in [2.05, 4.69) is 15.6 Å². The second-order valence-corrected chi connectivity index (χ2v) is 4.25. The number of rotatable bonds is 0. The van der Waals surface area contributed by atoms with Gasteiger partial charge in [0.15, 0.2) is 0 Å². The minimum atomic E-state index is -4.34. The van der Waals surface area contributed by atoms with Gasteiger partial charge in [0, 0.05) is 18.3 Å². The molecule has 2 aromatic rings. The van der Waals surface area contributed by atoms with E-state index in [-0.39, 0.29) is 0 Å². The molecule has 2 N–H and O–H groups in total. The number of aromatic nitrogens is 1. The van der Waals surface area contributed by atoms with E-state index in [1.54, 1.807) is 12.3 Å². The largest absolute Gasteiger partial charge is 0.416 e. The fourth-order valence-electron chi connectivity index (χ4n) is 1.99. The number of anilines is 3. The molecule has 1 aromatic heterocycles. The molecule has 0 unspecified atom stereocenters. The van der Waals surface area contributed by atoms with Crippen molar-refractivity contribution in [3.8, 4) is 0 Å². The van der Waals surface area contributed by atoms with E-state index >= 15 is 0 Å². The summed E-state index contributed by atoms with van der Waals surface area (Å²) in [4.78, 5) is 4.18. The van der Waals surface area contributed by atoms with Crippen molar-refractivity contribution in [1.29, 1.82) is 0 Å². The lowest BCUT2D eigenvalue weighted by molar-refractivity contribution is -0.137. The summed E-state index contributed by atoms with van der Waals surface area (Å²) in [5.74, 6) is 0.661. The fourth-order valence-corrected chi connectivity index (χ4v) is 1.99. The molecule has 0 radical (unpaired) electrons. The number of alkyl halides is 3. The number of hydrogen-bond donors (Lipinski definition) is 2. The maximum atomic E-state index is 12.7. The molecule has 3 rings (SSSR count). The van der Waals surface area contributed by atoms with Crippen LogP contribution in [-0.2, 0) is 12.7 Å². The highest BCUT2D eigenvalue weighted by Crippen LogP contribution is 2.36. The first-order valence-electron chi connectivity index (χ1n) is 5.70. The maximum absolute atomic E-state index is 12.7. The smallest absolute Gasteiger partial charge is 0.379 e. The molecule has 19 heavy (non-hydrogen) atoms. The molecule has 0 bridgehead atoms. The van der Waals surface area contributed by atoms with Crippen molar-refractivity contribution in [2.45, 2.75) is 12.7 Å². The number of hydrogen-bond acceptors (Lipinski definition) is 3. The molecule has 98 valence electrons. The Bertz CT molecular complexity index is 623. The van der Waals surface area contributed by atoms with Gasteiger partial charge in [-0.25, -0.2) is 4.98 Å². The third-order valence-electron chi connectivity index (χ3n) is 2.96. The van der Waals surface area contributed by atoms with E-state index in [1.165, 1.54) is 6.07 Å². The van der Waals surface area contributed by atoms with E-state index in [1.807, 2.05) is 6.07 Å². The summed E-state index contributed by atoms with van der Waals surface area (Å²) in [6.45, 7) is 0.435. The van der Waals surface area contributed by atoms with Gasteiger partial charge in [0.1, 0.15) is 5.82 Å². The van der Waals surface area contributed by atoms with E-state index in [0.29, 0.717) is 23.7 Å². The Morgan fingerprint density at radius 2 is 1.95 bits per heavy atom. The van der Waals surface area contributed by atoms with Gasteiger partial charge in [0.2, 0.25) is 0 Å². The average molecular weight is 265 g/mol. The molecule has 0 fully saturated rings. The molecule has 6 heteroatoms. The lowest BCUT2D eigenvalue weighted by atomic mass is 10.1. The molecule has 0 aliphatic carbocycles. The van der Waals surface area contributed by atoms with Crippen molar-refractivity contribution in [1.82, 2.24) is 4.98 Å². The average Bonchev–Trinajstić information content (AvgIpc) is 2.55. The Hall–Kier alpha value is -2.24. The molecule has 3 nitrogen and oxygen atoms in total. The second kappa shape index (κ2) is 4.15. The van der Waals surface area contributed by atoms with Crippen LogP contribution < -0.4 is 10.6 Å². The van der Waals surface area contributed by atoms with Crippen LogP contribution in [0.3, 0.4) is 0 Å². The SMILES string of the molecule is FC(F)(F)c1ccc2c(c1)NCc1cccnc1N2. The van der Waals surface area contributed by atoms with Crippen LogP contribution in [0, 0.1) is 0 Å². The number of nitrogens with zero attached hydrogens (tertiary/aromatic N) is 1. The predicted octanol–water partition coefficient (Wildman–Crippen LogP) is 3.77. The molecule has 0 saturated carbocycles. The molecule has 1 aromatic carbocycles. The van der Waals surface area contributed by atoms with Crippen LogP contribution in [0.2, 0.25) is 0 Å². The molecule has 0 amide bonds. The molecule has 0 atom stereocenters. The number of pyridine rings is 1. The van der Waals surface area contributed by atoms with Crippen molar-refractivity contribution in [3.05, 3.63) is 47.7 Å². The van der Waals surface area contributed by atoms with Crippen LogP contribution in [-0.4, -0.2) is 4.98 Å². The van der Waals surface area contributed by atoms with Crippen LogP contribution in [0.5, 0.6) is 0 Å². The molecular formula is C13H10F3N3. The molecule has 1 aliphatic heterocycles. The molecule has 1 aliphatic rings. The van der Waals surface area contributed by atoms with E-state index in [9.17, 15) is 13.2 Å². The van der Waals surface area contributed by atoms with Crippen LogP contribution in [0.1, 0.15) is 11.1 Å². The van der Waals surface area contributed by atoms with E-state index in [0.717, 1.165) is 17.7 Å². The number of fused-ring (bicyclic) bond motifs is 2. The standard InChI is InChI=1S/C13H10F3N3/c14-13(15,16)9-3-4-10-11(6-9)18-7-8-2-1-5-17-12(8)19-10/h1-6,18H,7H2,(H,17,19). The third-order valence-corrected chi connectivity index (χ3v) is 2.96. The first-order chi connectivity index (χ1) is 9.04. The number of nitrogens with one attached hydrogen (secondary N) is 2. The minimum Gasteiger partial charge on any atom is -0.379 e. The highest BCUT2D eigenvalue weighted by molar-refractivity contribution is 5.77. The van der Waals surface area contributed by atoms with Gasteiger partial charge in [-0.05, 0) is 24.3 Å².